The Balaban J connectivity index is 1.22. The van der Waals surface area contributed by atoms with Crippen LogP contribution in [0.1, 0.15) is 63.8 Å². The van der Waals surface area contributed by atoms with E-state index in [1.165, 1.54) is 33.2 Å². The van der Waals surface area contributed by atoms with Crippen LogP contribution in [-0.4, -0.2) is 19.1 Å². The van der Waals surface area contributed by atoms with Gasteiger partial charge in [0.25, 0.3) is 0 Å². The second-order valence-corrected chi connectivity index (χ2v) is 16.3. The molecule has 0 aliphatic rings. The van der Waals surface area contributed by atoms with E-state index in [1.54, 1.807) is 0 Å². The van der Waals surface area contributed by atoms with Crippen molar-refractivity contribution in [3.05, 3.63) is 156 Å². The van der Waals surface area contributed by atoms with Crippen LogP contribution in [0.2, 0.25) is 0 Å². The van der Waals surface area contributed by atoms with Crippen LogP contribution in [-0.2, 0) is 10.8 Å². The maximum atomic E-state index is 6.76. The van der Waals surface area contributed by atoms with Crippen molar-refractivity contribution in [1.29, 1.82) is 0 Å². The lowest BCUT2D eigenvalue weighted by Crippen LogP contribution is -2.12. The monoisotopic (exact) mass is 694 g/mol. The molecule has 53 heavy (non-hydrogen) atoms. The van der Waals surface area contributed by atoms with Gasteiger partial charge in [-0.15, -0.1) is 0 Å². The Morgan fingerprint density at radius 2 is 1.25 bits per heavy atom. The number of aryl methyl sites for hydroxylation is 2. The molecule has 0 unspecified atom stereocenters. The molecule has 0 radical (unpaired) electrons. The molecule has 0 atom stereocenters. The molecule has 8 rings (SSSR count). The Bertz CT molecular complexity index is 2610. The van der Waals surface area contributed by atoms with Crippen LogP contribution in [0.3, 0.4) is 0 Å². The van der Waals surface area contributed by atoms with Gasteiger partial charge in [0.15, 0.2) is 0 Å². The average Bonchev–Trinajstić information content (AvgIpc) is 3.75. The summed E-state index contributed by atoms with van der Waals surface area (Å²) < 4.78 is 11.1. The molecule has 0 aliphatic heterocycles. The van der Waals surface area contributed by atoms with Gasteiger partial charge in [-0.1, -0.05) is 102 Å². The second-order valence-electron chi connectivity index (χ2n) is 16.3. The molecular formula is C48H46N4O. The van der Waals surface area contributed by atoms with Gasteiger partial charge in [0.2, 0.25) is 0 Å². The number of rotatable bonds is 6. The molecule has 264 valence electrons. The van der Waals surface area contributed by atoms with Crippen molar-refractivity contribution in [3.8, 4) is 45.4 Å². The number of fused-ring (bicyclic) bond motifs is 3. The first-order valence-electron chi connectivity index (χ1n) is 18.4. The maximum absolute atomic E-state index is 6.76. The average molecular weight is 695 g/mol. The van der Waals surface area contributed by atoms with Gasteiger partial charge in [0.1, 0.15) is 17.3 Å². The predicted molar refractivity (Wildman–Crippen MR) is 220 cm³/mol. The molecule has 8 aromatic rings. The number of para-hydroxylation sites is 1. The minimum Gasteiger partial charge on any atom is -0.457 e. The molecule has 0 aliphatic carbocycles. The third-order valence-electron chi connectivity index (χ3n) is 10.3. The van der Waals surface area contributed by atoms with Crippen LogP contribution in [0.5, 0.6) is 11.5 Å². The predicted octanol–water partition coefficient (Wildman–Crippen LogP) is 12.7. The van der Waals surface area contributed by atoms with Gasteiger partial charge >= 0.3 is 0 Å². The Morgan fingerprint density at radius 1 is 0.566 bits per heavy atom. The van der Waals surface area contributed by atoms with Crippen LogP contribution < -0.4 is 4.74 Å². The van der Waals surface area contributed by atoms with E-state index in [9.17, 15) is 0 Å². The standard InChI is InChI=1S/C48H46N4O/c1-31-22-35(47(3,4)5)23-32(2)46(31)34-20-21-49-45(24-34)52-43-17-13-12-16-40(43)41-19-18-38(28-44(41)52)53-39-26-36(48(6,7)8)25-37(27-39)51-29-42(50-30-51)33-14-10-9-11-15-33/h9-30H,1-8H3. The van der Waals surface area contributed by atoms with Gasteiger partial charge in [0, 0.05) is 40.9 Å². The number of imidazole rings is 1. The summed E-state index contributed by atoms with van der Waals surface area (Å²) in [5.41, 5.74) is 12.6. The lowest BCUT2D eigenvalue weighted by atomic mass is 9.83. The first-order valence-corrected chi connectivity index (χ1v) is 18.4. The van der Waals surface area contributed by atoms with Crippen LogP contribution in [0, 0.1) is 13.8 Å². The molecule has 0 fully saturated rings. The summed E-state index contributed by atoms with van der Waals surface area (Å²) in [6, 6.07) is 40.7. The largest absolute Gasteiger partial charge is 0.457 e. The van der Waals surface area contributed by atoms with Crippen molar-refractivity contribution < 1.29 is 4.74 Å². The molecule has 3 aromatic heterocycles. The van der Waals surface area contributed by atoms with Gasteiger partial charge in [-0.3, -0.25) is 4.57 Å². The van der Waals surface area contributed by atoms with Crippen molar-refractivity contribution in [2.75, 3.05) is 0 Å². The Hall–Kier alpha value is -5.94. The Morgan fingerprint density at radius 3 is 1.98 bits per heavy atom. The smallest absolute Gasteiger partial charge is 0.138 e. The van der Waals surface area contributed by atoms with E-state index in [4.69, 9.17) is 14.7 Å². The zero-order valence-electron chi connectivity index (χ0n) is 31.9. The van der Waals surface area contributed by atoms with Gasteiger partial charge in [0.05, 0.1) is 28.7 Å². The molecule has 0 N–H and O–H groups in total. The van der Waals surface area contributed by atoms with Crippen molar-refractivity contribution in [3.63, 3.8) is 0 Å². The summed E-state index contributed by atoms with van der Waals surface area (Å²) in [6.07, 6.45) is 5.89. The normalized spacial score (nSPS) is 12.2. The second kappa shape index (κ2) is 12.9. The molecular weight excluding hydrogens is 649 g/mol. The molecule has 0 saturated carbocycles. The molecule has 0 spiro atoms. The van der Waals surface area contributed by atoms with Crippen molar-refractivity contribution in [2.24, 2.45) is 0 Å². The van der Waals surface area contributed by atoms with E-state index in [0.717, 1.165) is 56.2 Å². The van der Waals surface area contributed by atoms with Crippen molar-refractivity contribution in [2.45, 2.75) is 66.2 Å². The quantitative estimate of drug-likeness (QED) is 0.174. The number of benzene rings is 5. The molecule has 0 bridgehead atoms. The molecule has 5 heteroatoms. The summed E-state index contributed by atoms with van der Waals surface area (Å²) in [7, 11) is 0. The van der Waals surface area contributed by atoms with Gasteiger partial charge in [-0.2, -0.15) is 0 Å². The van der Waals surface area contributed by atoms with Crippen molar-refractivity contribution in [1.82, 2.24) is 19.1 Å². The van der Waals surface area contributed by atoms with Gasteiger partial charge in [-0.25, -0.2) is 9.97 Å². The van der Waals surface area contributed by atoms with Crippen LogP contribution >= 0.6 is 0 Å². The minimum absolute atomic E-state index is 0.0845. The van der Waals surface area contributed by atoms with E-state index >= 15 is 0 Å². The van der Waals surface area contributed by atoms with E-state index in [1.807, 2.05) is 30.7 Å². The van der Waals surface area contributed by atoms with E-state index < -0.39 is 0 Å². The lowest BCUT2D eigenvalue weighted by molar-refractivity contribution is 0.479. The number of pyridine rings is 1. The molecule has 0 saturated heterocycles. The fraction of sp³-hybridized carbons (Fsp3) is 0.208. The Kier molecular flexibility index (Phi) is 8.33. The van der Waals surface area contributed by atoms with Crippen molar-refractivity contribution >= 4 is 21.8 Å². The highest BCUT2D eigenvalue weighted by molar-refractivity contribution is 6.09. The lowest BCUT2D eigenvalue weighted by Gasteiger charge is -2.22. The highest BCUT2D eigenvalue weighted by Crippen LogP contribution is 2.38. The number of hydrogen-bond donors (Lipinski definition) is 0. The zero-order valence-corrected chi connectivity index (χ0v) is 31.9. The van der Waals surface area contributed by atoms with E-state index in [-0.39, 0.29) is 10.8 Å². The number of ether oxygens (including phenoxy) is 1. The van der Waals surface area contributed by atoms with Gasteiger partial charge < -0.3 is 9.30 Å². The summed E-state index contributed by atoms with van der Waals surface area (Å²) in [5.74, 6) is 2.40. The third-order valence-corrected chi connectivity index (χ3v) is 10.3. The highest BCUT2D eigenvalue weighted by Gasteiger charge is 2.20. The first kappa shape index (κ1) is 34.2. The SMILES string of the molecule is Cc1cc(C(C)(C)C)cc(C)c1-c1ccnc(-n2c3ccccc3c3ccc(Oc4cc(-n5cnc(-c6ccccc6)c5)cc(C(C)(C)C)c4)cc32)c1. The number of aromatic nitrogens is 4. The summed E-state index contributed by atoms with van der Waals surface area (Å²) in [6.45, 7) is 17.9. The number of hydrogen-bond acceptors (Lipinski definition) is 3. The topological polar surface area (TPSA) is 44.9 Å². The minimum atomic E-state index is -0.0895. The molecule has 0 amide bonds. The third kappa shape index (κ3) is 6.53. The molecule has 3 heterocycles. The number of nitrogens with zero attached hydrogens (tertiary/aromatic N) is 4. The molecule has 5 aromatic carbocycles. The Labute approximate surface area is 312 Å². The van der Waals surface area contributed by atoms with E-state index in [2.05, 4.69) is 168 Å². The summed E-state index contributed by atoms with van der Waals surface area (Å²) in [5, 5.41) is 2.33. The van der Waals surface area contributed by atoms with E-state index in [0.29, 0.717) is 0 Å². The fourth-order valence-corrected chi connectivity index (χ4v) is 7.39. The fourth-order valence-electron chi connectivity index (χ4n) is 7.39. The van der Waals surface area contributed by atoms with Crippen LogP contribution in [0.15, 0.2) is 134 Å². The van der Waals surface area contributed by atoms with Crippen LogP contribution in [0.4, 0.5) is 0 Å². The zero-order chi connectivity index (χ0) is 37.1. The van der Waals surface area contributed by atoms with Crippen LogP contribution in [0.25, 0.3) is 55.7 Å². The maximum Gasteiger partial charge on any atom is 0.138 e. The molecule has 5 nitrogen and oxygen atoms in total. The first-order chi connectivity index (χ1) is 25.3. The van der Waals surface area contributed by atoms with Gasteiger partial charge in [-0.05, 0) is 101 Å². The highest BCUT2D eigenvalue weighted by atomic mass is 16.5. The summed E-state index contributed by atoms with van der Waals surface area (Å²) >= 11 is 0. The summed E-state index contributed by atoms with van der Waals surface area (Å²) in [4.78, 5) is 9.68.